The number of benzene rings is 1. The van der Waals surface area contributed by atoms with Crippen LogP contribution in [0, 0.1) is 5.41 Å². The van der Waals surface area contributed by atoms with Gasteiger partial charge in [0.2, 0.25) is 10.0 Å². The van der Waals surface area contributed by atoms with Gasteiger partial charge in [0, 0.05) is 13.1 Å². The molecule has 0 aliphatic carbocycles. The molecule has 0 aliphatic rings. The van der Waals surface area contributed by atoms with Crippen molar-refractivity contribution >= 4 is 21.7 Å². The monoisotopic (exact) mass is 396 g/mol. The molecule has 0 unspecified atom stereocenters. The molecule has 0 bridgehead atoms. The predicted molar refractivity (Wildman–Crippen MR) is 116 cm³/mol. The lowest BCUT2D eigenvalue weighted by molar-refractivity contribution is 0.318. The minimum absolute atomic E-state index is 0.196. The van der Waals surface area contributed by atoms with Crippen LogP contribution in [0.25, 0.3) is 0 Å². The Hall–Kier alpha value is -1.76. The summed E-state index contributed by atoms with van der Waals surface area (Å²) < 4.78 is 25.6. The number of para-hydroxylation sites is 1. The number of guanidine groups is 1. The van der Waals surface area contributed by atoms with E-state index in [9.17, 15) is 8.42 Å². The fourth-order valence-electron chi connectivity index (χ4n) is 2.73. The molecule has 0 aromatic heterocycles. The molecule has 0 saturated carbocycles. The largest absolute Gasteiger partial charge is 0.357 e. The predicted octanol–water partition coefficient (Wildman–Crippen LogP) is 3.72. The van der Waals surface area contributed by atoms with E-state index in [1.54, 1.807) is 6.07 Å². The van der Waals surface area contributed by atoms with Crippen molar-refractivity contribution in [3.8, 4) is 0 Å². The van der Waals surface area contributed by atoms with Gasteiger partial charge in [-0.2, -0.15) is 0 Å². The lowest BCUT2D eigenvalue weighted by atomic mass is 9.87. The van der Waals surface area contributed by atoms with E-state index in [0.29, 0.717) is 12.2 Å². The van der Waals surface area contributed by atoms with Gasteiger partial charge in [0.25, 0.3) is 0 Å². The number of sulfonamides is 1. The summed E-state index contributed by atoms with van der Waals surface area (Å²) in [6.07, 6.45) is 6.06. The molecule has 1 aromatic carbocycles. The van der Waals surface area contributed by atoms with Gasteiger partial charge >= 0.3 is 0 Å². The van der Waals surface area contributed by atoms with Crippen molar-refractivity contribution in [1.29, 1.82) is 0 Å². The first-order valence-electron chi connectivity index (χ1n) is 9.74. The summed E-state index contributed by atoms with van der Waals surface area (Å²) >= 11 is 0. The van der Waals surface area contributed by atoms with Crippen molar-refractivity contribution in [2.45, 2.75) is 59.9 Å². The molecule has 0 saturated heterocycles. The van der Waals surface area contributed by atoms with Gasteiger partial charge in [-0.05, 0) is 30.4 Å². The van der Waals surface area contributed by atoms with Gasteiger partial charge in [0.1, 0.15) is 0 Å². The second kappa shape index (κ2) is 11.2. The van der Waals surface area contributed by atoms with E-state index >= 15 is 0 Å². The summed E-state index contributed by atoms with van der Waals surface area (Å²) in [4.78, 5) is 4.63. The van der Waals surface area contributed by atoms with Crippen molar-refractivity contribution < 1.29 is 8.42 Å². The maximum atomic E-state index is 11.5. The van der Waals surface area contributed by atoms with E-state index in [1.807, 2.05) is 25.1 Å². The van der Waals surface area contributed by atoms with Gasteiger partial charge in [0.15, 0.2) is 5.96 Å². The Morgan fingerprint density at radius 3 is 2.44 bits per heavy atom. The number of hydrogen-bond donors (Lipinski definition) is 3. The highest BCUT2D eigenvalue weighted by Crippen LogP contribution is 2.22. The van der Waals surface area contributed by atoms with Crippen LogP contribution in [0.1, 0.15) is 58.9 Å². The number of hydrogen-bond acceptors (Lipinski definition) is 3. The molecule has 0 radical (unpaired) electrons. The zero-order valence-corrected chi connectivity index (χ0v) is 18.2. The van der Waals surface area contributed by atoms with Gasteiger partial charge in [-0.15, -0.1) is 0 Å². The van der Waals surface area contributed by atoms with Crippen molar-refractivity contribution in [2.75, 3.05) is 24.1 Å². The molecule has 3 N–H and O–H groups in total. The highest BCUT2D eigenvalue weighted by atomic mass is 32.2. The number of anilines is 1. The second-order valence-corrected chi connectivity index (χ2v) is 9.45. The van der Waals surface area contributed by atoms with Crippen LogP contribution < -0.4 is 15.4 Å². The third-order valence-electron chi connectivity index (χ3n) is 4.26. The molecule has 6 nitrogen and oxygen atoms in total. The topological polar surface area (TPSA) is 82.6 Å². The molecule has 1 aromatic rings. The summed E-state index contributed by atoms with van der Waals surface area (Å²) in [7, 11) is -3.32. The summed E-state index contributed by atoms with van der Waals surface area (Å²) in [5, 5.41) is 6.69. The number of aliphatic imine (C=N–C) groups is 1. The normalized spacial score (nSPS) is 12.7. The molecule has 1 rings (SSSR count). The first-order valence-corrected chi connectivity index (χ1v) is 11.6. The van der Waals surface area contributed by atoms with E-state index < -0.39 is 10.0 Å². The molecular weight excluding hydrogens is 360 g/mol. The van der Waals surface area contributed by atoms with Crippen LogP contribution in [0.3, 0.4) is 0 Å². The van der Waals surface area contributed by atoms with Crippen molar-refractivity contribution in [3.05, 3.63) is 29.8 Å². The van der Waals surface area contributed by atoms with Crippen LogP contribution in [0.2, 0.25) is 0 Å². The van der Waals surface area contributed by atoms with E-state index in [4.69, 9.17) is 0 Å². The van der Waals surface area contributed by atoms with Gasteiger partial charge in [-0.3, -0.25) is 4.72 Å². The van der Waals surface area contributed by atoms with Crippen molar-refractivity contribution in [1.82, 2.24) is 10.6 Å². The van der Waals surface area contributed by atoms with Gasteiger partial charge < -0.3 is 10.6 Å². The quantitative estimate of drug-likeness (QED) is 0.302. The van der Waals surface area contributed by atoms with Crippen LogP contribution in [0.15, 0.2) is 29.3 Å². The Kier molecular flexibility index (Phi) is 9.63. The Morgan fingerprint density at radius 1 is 1.11 bits per heavy atom. The first kappa shape index (κ1) is 23.3. The first-order chi connectivity index (χ1) is 12.7. The third-order valence-corrected chi connectivity index (χ3v) is 4.85. The second-order valence-electron chi connectivity index (χ2n) is 7.70. The lowest BCUT2D eigenvalue weighted by Crippen LogP contribution is -2.42. The Morgan fingerprint density at radius 2 is 1.81 bits per heavy atom. The number of rotatable bonds is 11. The van der Waals surface area contributed by atoms with E-state index in [2.05, 4.69) is 41.1 Å². The highest BCUT2D eigenvalue weighted by molar-refractivity contribution is 7.92. The highest BCUT2D eigenvalue weighted by Gasteiger charge is 2.17. The zero-order chi connectivity index (χ0) is 20.3. The summed E-state index contributed by atoms with van der Waals surface area (Å²) in [6, 6.07) is 7.33. The van der Waals surface area contributed by atoms with Crippen LogP contribution in [-0.2, 0) is 16.6 Å². The average Bonchev–Trinajstić information content (AvgIpc) is 2.57. The molecule has 154 valence electrons. The molecule has 0 atom stereocenters. The number of unbranched alkanes of at least 4 members (excludes halogenated alkanes) is 2. The van der Waals surface area contributed by atoms with Gasteiger partial charge in [-0.1, -0.05) is 58.2 Å². The maximum absolute atomic E-state index is 11.5. The van der Waals surface area contributed by atoms with E-state index in [1.165, 1.54) is 25.7 Å². The fourth-order valence-corrected chi connectivity index (χ4v) is 3.33. The summed E-state index contributed by atoms with van der Waals surface area (Å²) in [6.45, 7) is 10.8. The summed E-state index contributed by atoms with van der Waals surface area (Å²) in [5.74, 6) is 0.746. The standard InChI is InChI=1S/C20H36N4O2S/c1-6-8-11-14-20(3,4)16-23-19(21-7-2)22-15-17-12-9-10-13-18(17)24-27(5,25)26/h9-10,12-13,24H,6-8,11,14-16H2,1-5H3,(H2,21,22,23). The Balaban J connectivity index is 2.77. The van der Waals surface area contributed by atoms with Crippen molar-refractivity contribution in [2.24, 2.45) is 10.4 Å². The van der Waals surface area contributed by atoms with Crippen LogP contribution in [0.4, 0.5) is 5.69 Å². The molecule has 0 spiro atoms. The Bertz CT molecular complexity index is 700. The lowest BCUT2D eigenvalue weighted by Gasteiger charge is -2.26. The Labute approximate surface area is 165 Å². The zero-order valence-electron chi connectivity index (χ0n) is 17.4. The third kappa shape index (κ3) is 10.2. The molecule has 0 heterocycles. The minimum atomic E-state index is -3.32. The molecule has 0 aliphatic heterocycles. The van der Waals surface area contributed by atoms with Crippen LogP contribution >= 0.6 is 0 Å². The smallest absolute Gasteiger partial charge is 0.229 e. The van der Waals surface area contributed by atoms with E-state index in [0.717, 1.165) is 30.9 Å². The fraction of sp³-hybridized carbons (Fsp3) is 0.650. The molecular formula is C20H36N4O2S. The molecule has 27 heavy (non-hydrogen) atoms. The summed E-state index contributed by atoms with van der Waals surface area (Å²) in [5.41, 5.74) is 1.60. The average molecular weight is 397 g/mol. The van der Waals surface area contributed by atoms with Crippen molar-refractivity contribution in [3.63, 3.8) is 0 Å². The van der Waals surface area contributed by atoms with E-state index in [-0.39, 0.29) is 5.41 Å². The van der Waals surface area contributed by atoms with Gasteiger partial charge in [-0.25, -0.2) is 13.4 Å². The van der Waals surface area contributed by atoms with Gasteiger partial charge in [0.05, 0.1) is 18.5 Å². The SMILES string of the molecule is CCCCCC(C)(C)CNC(=NCc1ccccc1NS(C)(=O)=O)NCC. The number of nitrogens with zero attached hydrogens (tertiary/aromatic N) is 1. The van der Waals surface area contributed by atoms with Crippen LogP contribution in [0.5, 0.6) is 0 Å². The molecule has 0 fully saturated rings. The molecule has 0 amide bonds. The van der Waals surface area contributed by atoms with Crippen LogP contribution in [-0.4, -0.2) is 33.7 Å². The number of nitrogens with one attached hydrogen (secondary N) is 3. The minimum Gasteiger partial charge on any atom is -0.357 e. The maximum Gasteiger partial charge on any atom is 0.229 e. The molecule has 7 heteroatoms.